The van der Waals surface area contributed by atoms with Gasteiger partial charge in [-0.3, -0.25) is 14.2 Å². The largest absolute Gasteiger partial charge is 0.756 e. The van der Waals surface area contributed by atoms with E-state index in [2.05, 4.69) is 111 Å². The summed E-state index contributed by atoms with van der Waals surface area (Å²) in [5.74, 6) is -0.842. The predicted molar refractivity (Wildman–Crippen MR) is 342 cm³/mol. The van der Waals surface area contributed by atoms with Crippen LogP contribution < -0.4 is 4.89 Å². The Morgan fingerprint density at radius 2 is 0.713 bits per heavy atom. The molecule has 0 aliphatic carbocycles. The maximum Gasteiger partial charge on any atom is 0.306 e. The number of ether oxygens (including phenoxy) is 2. The fourth-order valence-corrected chi connectivity index (χ4v) is 9.77. The van der Waals surface area contributed by atoms with Crippen molar-refractivity contribution in [3.05, 3.63) is 97.2 Å². The molecule has 80 heavy (non-hydrogen) atoms. The van der Waals surface area contributed by atoms with Gasteiger partial charge in [0.15, 0.2) is 6.10 Å². The molecule has 0 rings (SSSR count). The summed E-state index contributed by atoms with van der Waals surface area (Å²) in [4.78, 5) is 38.0. The van der Waals surface area contributed by atoms with Crippen LogP contribution >= 0.6 is 7.82 Å². The molecular weight excluding hydrogens is 1010 g/mol. The van der Waals surface area contributed by atoms with E-state index in [-0.39, 0.29) is 32.0 Å². The lowest BCUT2D eigenvalue weighted by molar-refractivity contribution is -0.870. The fourth-order valence-electron chi connectivity index (χ4n) is 9.04. The summed E-state index contributed by atoms with van der Waals surface area (Å²) >= 11 is 0. The number of unbranched alkanes of at least 4 members (excludes halogenated alkanes) is 30. The Morgan fingerprint density at radius 3 is 1.07 bits per heavy atom. The van der Waals surface area contributed by atoms with Gasteiger partial charge in [-0.05, 0) is 96.3 Å². The Morgan fingerprint density at radius 1 is 0.400 bits per heavy atom. The minimum absolute atomic E-state index is 0.0369. The molecule has 0 saturated carbocycles. The van der Waals surface area contributed by atoms with Crippen molar-refractivity contribution in [3.63, 3.8) is 0 Å². The number of phosphoric ester groups is 1. The zero-order chi connectivity index (χ0) is 58.4. The Balaban J connectivity index is 4.14. The van der Waals surface area contributed by atoms with E-state index < -0.39 is 26.5 Å². The highest BCUT2D eigenvalue weighted by Crippen LogP contribution is 2.38. The Hall–Kier alpha value is -3.07. The monoisotopic (exact) mass is 1140 g/mol. The van der Waals surface area contributed by atoms with Crippen molar-refractivity contribution in [2.45, 2.75) is 290 Å². The first-order valence-corrected chi connectivity index (χ1v) is 34.4. The van der Waals surface area contributed by atoms with Gasteiger partial charge in [0.2, 0.25) is 0 Å². The molecule has 0 spiro atoms. The second-order valence-electron chi connectivity index (χ2n) is 23.1. The van der Waals surface area contributed by atoms with Crippen molar-refractivity contribution >= 4 is 19.8 Å². The number of carbonyl (C=O) groups is 2. The van der Waals surface area contributed by atoms with E-state index in [0.29, 0.717) is 17.4 Å². The maximum atomic E-state index is 12.8. The van der Waals surface area contributed by atoms with Gasteiger partial charge < -0.3 is 27.9 Å². The third-order valence-electron chi connectivity index (χ3n) is 14.1. The van der Waals surface area contributed by atoms with Crippen molar-refractivity contribution in [1.82, 2.24) is 0 Å². The molecule has 2 unspecified atom stereocenters. The first-order valence-electron chi connectivity index (χ1n) is 32.9. The SMILES string of the molecule is CC/C=C\C/C=C\C/C=C\C/C=C\C/C=C\C/C=C\C/C=C\CCCCCCCCCC(=O)OC(COC(=O)CCCCCCCCCCCCCCCCC/C=C\CCCCCCCCCC)COP(=O)([O-])OCC[N+](C)(C)C. The average Bonchev–Trinajstić information content (AvgIpc) is 3.42. The van der Waals surface area contributed by atoms with E-state index in [0.717, 1.165) is 89.9 Å². The highest BCUT2D eigenvalue weighted by atomic mass is 31.2. The van der Waals surface area contributed by atoms with Crippen LogP contribution in [-0.4, -0.2) is 70.0 Å². The summed E-state index contributed by atoms with van der Waals surface area (Å²) in [5, 5.41) is 0. The molecule has 0 aromatic heterocycles. The maximum absolute atomic E-state index is 12.8. The summed E-state index contributed by atoms with van der Waals surface area (Å²) in [7, 11) is 1.15. The number of quaternary nitrogens is 1. The molecular formula is C70H124NO8P. The Kier molecular flexibility index (Phi) is 58.2. The van der Waals surface area contributed by atoms with Gasteiger partial charge in [0.25, 0.3) is 7.82 Å². The van der Waals surface area contributed by atoms with Crippen molar-refractivity contribution in [3.8, 4) is 0 Å². The number of rotatable bonds is 60. The zero-order valence-corrected chi connectivity index (χ0v) is 53.4. The van der Waals surface area contributed by atoms with E-state index in [1.807, 2.05) is 21.1 Å². The van der Waals surface area contributed by atoms with Crippen LogP contribution in [0.4, 0.5) is 0 Å². The molecule has 9 nitrogen and oxygen atoms in total. The van der Waals surface area contributed by atoms with E-state index in [1.165, 1.54) is 161 Å². The molecule has 2 atom stereocenters. The molecule has 462 valence electrons. The van der Waals surface area contributed by atoms with Crippen LogP contribution in [0.15, 0.2) is 97.2 Å². The number of phosphoric acid groups is 1. The summed E-state index contributed by atoms with van der Waals surface area (Å²) in [5.41, 5.74) is 0. The van der Waals surface area contributed by atoms with E-state index in [1.54, 1.807) is 0 Å². The molecule has 0 fully saturated rings. The van der Waals surface area contributed by atoms with Crippen LogP contribution in [0.5, 0.6) is 0 Å². The molecule has 0 aromatic rings. The molecule has 0 aliphatic rings. The highest BCUT2D eigenvalue weighted by Gasteiger charge is 2.22. The molecule has 0 N–H and O–H groups in total. The molecule has 0 bridgehead atoms. The summed E-state index contributed by atoms with van der Waals surface area (Å²) in [6, 6.07) is 0. The predicted octanol–water partition coefficient (Wildman–Crippen LogP) is 20.5. The number of allylic oxidation sites excluding steroid dienone is 16. The summed E-state index contributed by atoms with van der Waals surface area (Å²) < 4.78 is 34.3. The number of carbonyl (C=O) groups excluding carboxylic acids is 2. The second kappa shape index (κ2) is 60.5. The lowest BCUT2D eigenvalue weighted by atomic mass is 10.0. The molecule has 0 aliphatic heterocycles. The van der Waals surface area contributed by atoms with Gasteiger partial charge >= 0.3 is 11.9 Å². The Bertz CT molecular complexity index is 1670. The van der Waals surface area contributed by atoms with Crippen LogP contribution in [0.25, 0.3) is 0 Å². The second-order valence-corrected chi connectivity index (χ2v) is 24.5. The van der Waals surface area contributed by atoms with Gasteiger partial charge in [-0.25, -0.2) is 0 Å². The minimum atomic E-state index is -4.65. The molecule has 10 heteroatoms. The topological polar surface area (TPSA) is 111 Å². The van der Waals surface area contributed by atoms with Gasteiger partial charge in [-0.15, -0.1) is 0 Å². The number of nitrogens with zero attached hydrogens (tertiary/aromatic N) is 1. The zero-order valence-electron chi connectivity index (χ0n) is 52.5. The molecule has 0 heterocycles. The lowest BCUT2D eigenvalue weighted by Crippen LogP contribution is -2.37. The van der Waals surface area contributed by atoms with Crippen molar-refractivity contribution in [2.75, 3.05) is 47.5 Å². The molecule has 0 radical (unpaired) electrons. The molecule has 0 saturated heterocycles. The van der Waals surface area contributed by atoms with Crippen molar-refractivity contribution in [1.29, 1.82) is 0 Å². The van der Waals surface area contributed by atoms with Gasteiger partial charge in [0.05, 0.1) is 27.7 Å². The quantitative estimate of drug-likeness (QED) is 0.0195. The van der Waals surface area contributed by atoms with Crippen LogP contribution in [0, 0.1) is 0 Å². The van der Waals surface area contributed by atoms with Crippen LogP contribution in [-0.2, 0) is 32.7 Å². The average molecular weight is 1140 g/mol. The van der Waals surface area contributed by atoms with E-state index in [9.17, 15) is 19.0 Å². The van der Waals surface area contributed by atoms with Gasteiger partial charge in [-0.1, -0.05) is 272 Å². The number of hydrogen-bond donors (Lipinski definition) is 0. The van der Waals surface area contributed by atoms with Crippen molar-refractivity contribution in [2.24, 2.45) is 0 Å². The third-order valence-corrected chi connectivity index (χ3v) is 15.1. The van der Waals surface area contributed by atoms with E-state index in [4.69, 9.17) is 18.5 Å². The van der Waals surface area contributed by atoms with Gasteiger partial charge in [0, 0.05) is 12.8 Å². The molecule has 0 amide bonds. The number of hydrogen-bond acceptors (Lipinski definition) is 8. The van der Waals surface area contributed by atoms with Gasteiger partial charge in [-0.2, -0.15) is 0 Å². The molecule has 0 aromatic carbocycles. The van der Waals surface area contributed by atoms with E-state index >= 15 is 0 Å². The summed E-state index contributed by atoms with van der Waals surface area (Å²) in [6.45, 7) is 4.13. The van der Waals surface area contributed by atoms with Crippen molar-refractivity contribution < 1.29 is 42.1 Å². The van der Waals surface area contributed by atoms with Gasteiger partial charge in [0.1, 0.15) is 19.8 Å². The smallest absolute Gasteiger partial charge is 0.306 e. The lowest BCUT2D eigenvalue weighted by Gasteiger charge is -2.28. The van der Waals surface area contributed by atoms with Crippen LogP contribution in [0.2, 0.25) is 0 Å². The fraction of sp³-hybridized carbons (Fsp3) is 0.743. The number of esters is 2. The highest BCUT2D eigenvalue weighted by molar-refractivity contribution is 7.45. The number of likely N-dealkylation sites (N-methyl/N-ethyl adjacent to an activating group) is 1. The standard InChI is InChI=1S/C70H124NO8P/c1-6-8-10-12-14-16-18-20-22-24-26-28-30-32-34-35-37-39-41-43-45-47-49-51-53-55-57-59-61-63-70(73)79-68(67-78-80(74,75)77-65-64-71(3,4)5)66-76-69(72)62-60-58-56-54-52-50-48-46-44-42-40-38-36-33-31-29-27-25-23-21-19-17-15-13-11-9-7-2/h8,10,14,16,20,22,25-28,32,34,37,39,43,45,68H,6-7,9,11-13,15,17-19,21,23-24,29-31,33,35-36,38,40-42,44,46-67H2,1-5H3/b10-8-,16-14-,22-20-,27-25-,28-26-,34-32-,39-37-,45-43-. The minimum Gasteiger partial charge on any atom is -0.756 e. The first kappa shape index (κ1) is 76.9. The Labute approximate surface area is 493 Å². The normalized spacial score (nSPS) is 13.8. The first-order chi connectivity index (χ1) is 39.0. The third kappa shape index (κ3) is 64.1. The van der Waals surface area contributed by atoms with Crippen LogP contribution in [0.3, 0.4) is 0 Å². The van der Waals surface area contributed by atoms with Crippen LogP contribution in [0.1, 0.15) is 284 Å². The summed E-state index contributed by atoms with van der Waals surface area (Å²) in [6.07, 6.45) is 83.3.